The Bertz CT molecular complexity index is 1050. The highest BCUT2D eigenvalue weighted by Crippen LogP contribution is 2.46. The third kappa shape index (κ3) is 2.97. The first-order valence-corrected chi connectivity index (χ1v) is 9.03. The number of allylic oxidation sites excluding steroid dienone is 1. The zero-order valence-corrected chi connectivity index (χ0v) is 15.8. The number of anilines is 1. The summed E-state index contributed by atoms with van der Waals surface area (Å²) in [4.78, 5) is 19.1. The molecule has 0 radical (unpaired) electrons. The smallest absolute Gasteiger partial charge is 0.194 e. The predicted molar refractivity (Wildman–Crippen MR) is 108 cm³/mol. The molecule has 3 aromatic rings. The van der Waals surface area contributed by atoms with Gasteiger partial charge in [0.05, 0.1) is 0 Å². The molecule has 0 unspecified atom stereocenters. The van der Waals surface area contributed by atoms with E-state index in [1.165, 1.54) is 5.56 Å². The molecule has 0 amide bonds. The average molecular weight is 358 g/mol. The minimum atomic E-state index is -0.220. The fraction of sp³-hybridized carbons (Fsp3) is 0.217. The van der Waals surface area contributed by atoms with Crippen molar-refractivity contribution in [3.63, 3.8) is 0 Å². The van der Waals surface area contributed by atoms with E-state index in [0.717, 1.165) is 22.3 Å². The maximum Gasteiger partial charge on any atom is 0.194 e. The summed E-state index contributed by atoms with van der Waals surface area (Å²) in [5.74, 6) is 0.563. The Morgan fingerprint density at radius 1 is 1.11 bits per heavy atom. The van der Waals surface area contributed by atoms with Gasteiger partial charge in [0.1, 0.15) is 11.3 Å². The van der Waals surface area contributed by atoms with Gasteiger partial charge in [-0.15, -0.1) is 0 Å². The maximum absolute atomic E-state index is 12.6. The van der Waals surface area contributed by atoms with Crippen LogP contribution in [0.5, 0.6) is 5.75 Å². The zero-order valence-electron chi connectivity index (χ0n) is 15.8. The summed E-state index contributed by atoms with van der Waals surface area (Å²) in [5, 5.41) is 0.993. The van der Waals surface area contributed by atoms with Gasteiger partial charge in [-0.3, -0.25) is 9.78 Å². The molecule has 1 aromatic heterocycles. The van der Waals surface area contributed by atoms with Crippen molar-refractivity contribution < 1.29 is 9.53 Å². The van der Waals surface area contributed by atoms with Crippen molar-refractivity contribution >= 4 is 22.4 Å². The van der Waals surface area contributed by atoms with Gasteiger partial charge in [0, 0.05) is 41.5 Å². The summed E-state index contributed by atoms with van der Waals surface area (Å²) < 4.78 is 5.80. The number of hydrogen-bond donors (Lipinski definition) is 0. The van der Waals surface area contributed by atoms with Crippen LogP contribution in [0.25, 0.3) is 10.9 Å². The third-order valence-electron chi connectivity index (χ3n) is 5.20. The number of nitrogens with zero attached hydrogens (tertiary/aromatic N) is 2. The first-order valence-electron chi connectivity index (χ1n) is 9.03. The minimum Gasteiger partial charge on any atom is -0.483 e. The van der Waals surface area contributed by atoms with E-state index in [2.05, 4.69) is 35.9 Å². The molecule has 2 heterocycles. The van der Waals surface area contributed by atoms with Gasteiger partial charge in [0.15, 0.2) is 12.4 Å². The minimum absolute atomic E-state index is 0.0144. The number of hydrogen-bond acceptors (Lipinski definition) is 4. The predicted octanol–water partition coefficient (Wildman–Crippen LogP) is 4.49. The molecule has 0 saturated carbocycles. The van der Waals surface area contributed by atoms with Gasteiger partial charge in [-0.2, -0.15) is 0 Å². The highest BCUT2D eigenvalue weighted by Gasteiger charge is 2.38. The van der Waals surface area contributed by atoms with Crippen molar-refractivity contribution in [3.05, 3.63) is 78.1 Å². The van der Waals surface area contributed by atoms with Crippen molar-refractivity contribution in [2.24, 2.45) is 0 Å². The van der Waals surface area contributed by atoms with Crippen molar-refractivity contribution in [1.29, 1.82) is 0 Å². The second-order valence-electron chi connectivity index (χ2n) is 7.32. The number of aromatic nitrogens is 1. The average Bonchev–Trinajstić information content (AvgIpc) is 2.87. The molecule has 0 fully saturated rings. The van der Waals surface area contributed by atoms with Gasteiger partial charge in [0.25, 0.3) is 0 Å². The van der Waals surface area contributed by atoms with Gasteiger partial charge >= 0.3 is 0 Å². The highest BCUT2D eigenvalue weighted by atomic mass is 16.5. The molecule has 1 aliphatic heterocycles. The largest absolute Gasteiger partial charge is 0.483 e. The number of carbonyl (C=O) groups excluding carboxylic acids is 1. The summed E-state index contributed by atoms with van der Waals surface area (Å²) in [6, 6.07) is 17.9. The summed E-state index contributed by atoms with van der Waals surface area (Å²) in [6.07, 6.45) is 3.44. The Labute approximate surface area is 159 Å². The standard InChI is InChI=1S/C23H22N2O2/c1-23(2)18-10-4-5-11-19(18)25(3)21(23)14-17(26)15-27-20-12-6-8-16-9-7-13-24-22(16)20/h4-14H,15H2,1-3H3/b21-14-. The Hall–Kier alpha value is -3.14. The lowest BCUT2D eigenvalue weighted by Gasteiger charge is -2.24. The third-order valence-corrected chi connectivity index (χ3v) is 5.20. The van der Waals surface area contributed by atoms with E-state index in [0.29, 0.717) is 5.75 Å². The Morgan fingerprint density at radius 2 is 1.89 bits per heavy atom. The number of para-hydroxylation sites is 2. The number of pyridine rings is 1. The number of rotatable bonds is 4. The van der Waals surface area contributed by atoms with E-state index < -0.39 is 0 Å². The van der Waals surface area contributed by atoms with Crippen LogP contribution in [0.2, 0.25) is 0 Å². The molecule has 0 spiro atoms. The normalized spacial score (nSPS) is 16.6. The van der Waals surface area contributed by atoms with E-state index in [4.69, 9.17) is 4.74 Å². The van der Waals surface area contributed by atoms with Gasteiger partial charge in [0.2, 0.25) is 0 Å². The number of likely N-dealkylation sites (N-methyl/N-ethyl adjacent to an activating group) is 1. The fourth-order valence-electron chi connectivity index (χ4n) is 3.79. The fourth-order valence-corrected chi connectivity index (χ4v) is 3.79. The van der Waals surface area contributed by atoms with Gasteiger partial charge in [-0.25, -0.2) is 0 Å². The molecule has 4 heteroatoms. The van der Waals surface area contributed by atoms with Crippen LogP contribution in [-0.2, 0) is 10.2 Å². The molecule has 0 N–H and O–H groups in total. The molecule has 0 bridgehead atoms. The maximum atomic E-state index is 12.6. The molecule has 1 aliphatic rings. The van der Waals surface area contributed by atoms with Crippen molar-refractivity contribution in [3.8, 4) is 5.75 Å². The molecule has 136 valence electrons. The zero-order chi connectivity index (χ0) is 19.0. The van der Waals surface area contributed by atoms with E-state index in [-0.39, 0.29) is 17.8 Å². The molecule has 4 nitrogen and oxygen atoms in total. The molecule has 2 aromatic carbocycles. The van der Waals surface area contributed by atoms with E-state index in [9.17, 15) is 4.79 Å². The van der Waals surface area contributed by atoms with Crippen LogP contribution in [0.3, 0.4) is 0 Å². The van der Waals surface area contributed by atoms with Crippen LogP contribution in [0.4, 0.5) is 5.69 Å². The summed E-state index contributed by atoms with van der Waals surface area (Å²) >= 11 is 0. The van der Waals surface area contributed by atoms with Crippen LogP contribution in [0.1, 0.15) is 19.4 Å². The summed E-state index contributed by atoms with van der Waals surface area (Å²) in [5.41, 5.74) is 3.90. The van der Waals surface area contributed by atoms with Gasteiger partial charge < -0.3 is 9.64 Å². The lowest BCUT2D eigenvalue weighted by Crippen LogP contribution is -2.25. The van der Waals surface area contributed by atoms with E-state index >= 15 is 0 Å². The summed E-state index contributed by atoms with van der Waals surface area (Å²) in [6.45, 7) is 4.27. The number of benzene rings is 2. The molecule has 4 rings (SSSR count). The Balaban J connectivity index is 1.56. The van der Waals surface area contributed by atoms with Crippen molar-refractivity contribution in [2.45, 2.75) is 19.3 Å². The van der Waals surface area contributed by atoms with Gasteiger partial charge in [-0.05, 0) is 23.8 Å². The van der Waals surface area contributed by atoms with Crippen LogP contribution in [0, 0.1) is 0 Å². The van der Waals surface area contributed by atoms with Crippen molar-refractivity contribution in [1.82, 2.24) is 4.98 Å². The van der Waals surface area contributed by atoms with E-state index in [1.54, 1.807) is 12.3 Å². The molecule has 0 atom stereocenters. The van der Waals surface area contributed by atoms with Gasteiger partial charge in [-0.1, -0.05) is 50.2 Å². The lowest BCUT2D eigenvalue weighted by atomic mass is 9.83. The molecule has 27 heavy (non-hydrogen) atoms. The quantitative estimate of drug-likeness (QED) is 0.644. The number of ketones is 1. The molecular weight excluding hydrogens is 336 g/mol. The first kappa shape index (κ1) is 17.3. The SMILES string of the molecule is CN1/C(=C\C(=O)COc2cccc3cccnc23)C(C)(C)c2ccccc21. The van der Waals surface area contributed by atoms with Crippen LogP contribution in [-0.4, -0.2) is 24.4 Å². The Morgan fingerprint density at radius 3 is 2.70 bits per heavy atom. The molecular formula is C23H22N2O2. The number of carbonyl (C=O) groups is 1. The monoisotopic (exact) mass is 358 g/mol. The number of fused-ring (bicyclic) bond motifs is 2. The van der Waals surface area contributed by atoms with Crippen LogP contribution in [0.15, 0.2) is 72.6 Å². The molecule has 0 aliphatic carbocycles. The first-order chi connectivity index (χ1) is 13.0. The summed E-state index contributed by atoms with van der Waals surface area (Å²) in [7, 11) is 2.00. The molecule has 0 saturated heterocycles. The number of ether oxygens (including phenoxy) is 1. The second kappa shape index (κ2) is 6.54. The lowest BCUT2D eigenvalue weighted by molar-refractivity contribution is -0.116. The second-order valence-corrected chi connectivity index (χ2v) is 7.32. The van der Waals surface area contributed by atoms with Crippen LogP contribution >= 0.6 is 0 Å². The Kier molecular flexibility index (Phi) is 4.19. The highest BCUT2D eigenvalue weighted by molar-refractivity contribution is 5.94. The van der Waals surface area contributed by atoms with Crippen molar-refractivity contribution in [2.75, 3.05) is 18.6 Å². The topological polar surface area (TPSA) is 42.4 Å². The van der Waals surface area contributed by atoms with Crippen LogP contribution < -0.4 is 9.64 Å². The van der Waals surface area contributed by atoms with E-state index in [1.807, 2.05) is 49.5 Å².